The van der Waals surface area contributed by atoms with Crippen LogP contribution in [0.5, 0.6) is 0 Å². The molecule has 0 saturated carbocycles. The summed E-state index contributed by atoms with van der Waals surface area (Å²) in [5, 5.41) is 23.0. The van der Waals surface area contributed by atoms with Gasteiger partial charge in [0.15, 0.2) is 0 Å². The summed E-state index contributed by atoms with van der Waals surface area (Å²) in [6, 6.07) is 1.43. The lowest BCUT2D eigenvalue weighted by Gasteiger charge is -2.31. The number of aliphatic hydroxyl groups is 1. The molecule has 0 aliphatic heterocycles. The summed E-state index contributed by atoms with van der Waals surface area (Å²) >= 11 is 3.27. The van der Waals surface area contributed by atoms with Crippen molar-refractivity contribution >= 4 is 27.4 Å². The van der Waals surface area contributed by atoms with Gasteiger partial charge >= 0.3 is 0 Å². The first-order chi connectivity index (χ1) is 8.75. The van der Waals surface area contributed by atoms with Gasteiger partial charge in [0.2, 0.25) is 0 Å². The zero-order valence-corrected chi connectivity index (χ0v) is 12.8. The van der Waals surface area contributed by atoms with E-state index < -0.39 is 4.92 Å². The Hall–Kier alpha value is -1.21. The molecule has 1 atom stereocenters. The Bertz CT molecular complexity index is 460. The van der Waals surface area contributed by atoms with Crippen LogP contribution in [0.15, 0.2) is 16.7 Å². The van der Waals surface area contributed by atoms with E-state index in [1.54, 1.807) is 0 Å². The summed E-state index contributed by atoms with van der Waals surface area (Å²) in [6.45, 7) is 6.23. The van der Waals surface area contributed by atoms with Gasteiger partial charge in [0.25, 0.3) is 5.69 Å². The van der Waals surface area contributed by atoms with Crippen LogP contribution >= 0.6 is 15.9 Å². The second-order valence-electron chi connectivity index (χ2n) is 5.36. The van der Waals surface area contributed by atoms with Crippen molar-refractivity contribution in [2.75, 3.05) is 11.9 Å². The summed E-state index contributed by atoms with van der Waals surface area (Å²) in [7, 11) is 0. The van der Waals surface area contributed by atoms with Crippen molar-refractivity contribution in [1.29, 1.82) is 0 Å². The number of aromatic nitrogens is 1. The lowest BCUT2D eigenvalue weighted by Crippen LogP contribution is -2.35. The van der Waals surface area contributed by atoms with Crippen LogP contribution in [0.2, 0.25) is 0 Å². The van der Waals surface area contributed by atoms with Crippen molar-refractivity contribution in [3.05, 3.63) is 26.9 Å². The number of pyridine rings is 1. The average molecular weight is 332 g/mol. The van der Waals surface area contributed by atoms with E-state index in [-0.39, 0.29) is 23.8 Å². The van der Waals surface area contributed by atoms with Crippen LogP contribution in [0.4, 0.5) is 11.5 Å². The number of anilines is 1. The van der Waals surface area contributed by atoms with Gasteiger partial charge < -0.3 is 10.4 Å². The Labute approximate surface area is 120 Å². The number of hydrogen-bond acceptors (Lipinski definition) is 5. The molecule has 0 amide bonds. The van der Waals surface area contributed by atoms with Crippen LogP contribution in [0, 0.1) is 15.5 Å². The van der Waals surface area contributed by atoms with Gasteiger partial charge in [-0.2, -0.15) is 0 Å². The van der Waals surface area contributed by atoms with E-state index in [9.17, 15) is 10.1 Å². The van der Waals surface area contributed by atoms with Crippen molar-refractivity contribution < 1.29 is 10.0 Å². The Balaban J connectivity index is 2.94. The smallest absolute Gasteiger partial charge is 0.288 e. The largest absolute Gasteiger partial charge is 0.396 e. The normalized spacial score (nSPS) is 13.1. The summed E-state index contributed by atoms with van der Waals surface area (Å²) in [4.78, 5) is 14.2. The summed E-state index contributed by atoms with van der Waals surface area (Å²) in [6.07, 6.45) is 1.79. The lowest BCUT2D eigenvalue weighted by molar-refractivity contribution is -0.385. The zero-order chi connectivity index (χ0) is 14.6. The van der Waals surface area contributed by atoms with Gasteiger partial charge in [0, 0.05) is 18.7 Å². The van der Waals surface area contributed by atoms with Gasteiger partial charge in [-0.1, -0.05) is 20.8 Å². The van der Waals surface area contributed by atoms with Crippen LogP contribution in [0.1, 0.15) is 27.2 Å². The van der Waals surface area contributed by atoms with Crippen molar-refractivity contribution in [3.63, 3.8) is 0 Å². The molecule has 0 aliphatic carbocycles. The highest BCUT2D eigenvalue weighted by atomic mass is 79.9. The second kappa shape index (κ2) is 6.29. The van der Waals surface area contributed by atoms with Crippen LogP contribution < -0.4 is 5.32 Å². The molecule has 2 N–H and O–H groups in total. The first-order valence-electron chi connectivity index (χ1n) is 5.93. The first-order valence-corrected chi connectivity index (χ1v) is 6.72. The van der Waals surface area contributed by atoms with E-state index in [2.05, 4.69) is 47.0 Å². The van der Waals surface area contributed by atoms with Gasteiger partial charge in [-0.15, -0.1) is 0 Å². The maximum absolute atomic E-state index is 10.6. The third-order valence-electron chi connectivity index (χ3n) is 2.81. The van der Waals surface area contributed by atoms with Crippen LogP contribution in [-0.2, 0) is 0 Å². The van der Waals surface area contributed by atoms with E-state index in [4.69, 9.17) is 5.11 Å². The van der Waals surface area contributed by atoms with Gasteiger partial charge in [-0.05, 0) is 27.8 Å². The Kier molecular flexibility index (Phi) is 5.25. The quantitative estimate of drug-likeness (QED) is 0.639. The molecule has 0 bridgehead atoms. The fourth-order valence-electron chi connectivity index (χ4n) is 1.65. The molecule has 0 radical (unpaired) electrons. The van der Waals surface area contributed by atoms with Crippen LogP contribution in [0.3, 0.4) is 0 Å². The number of halogens is 1. The Morgan fingerprint density at radius 3 is 2.63 bits per heavy atom. The second-order valence-corrected chi connectivity index (χ2v) is 6.21. The maximum Gasteiger partial charge on any atom is 0.288 e. The van der Waals surface area contributed by atoms with E-state index in [0.29, 0.717) is 16.7 Å². The summed E-state index contributed by atoms with van der Waals surface area (Å²) in [5.74, 6) is 0.541. The molecule has 0 aromatic carbocycles. The van der Waals surface area contributed by atoms with Crippen molar-refractivity contribution in [3.8, 4) is 0 Å². The number of rotatable bonds is 5. The molecule has 0 spiro atoms. The molecule has 1 unspecified atom stereocenters. The Morgan fingerprint density at radius 1 is 1.58 bits per heavy atom. The third-order valence-corrected chi connectivity index (χ3v) is 3.42. The molecule has 1 heterocycles. The molecule has 0 fully saturated rings. The van der Waals surface area contributed by atoms with E-state index in [0.717, 1.165) is 0 Å². The van der Waals surface area contributed by atoms with Crippen LogP contribution in [0.25, 0.3) is 0 Å². The predicted octanol–water partition coefficient (Wildman–Crippen LogP) is 2.96. The standard InChI is InChI=1S/C12H18BrN3O3/c1-12(2,3)10(4-5-17)15-11-9(13)6-8(7-14-11)16(18)19/h6-7,10,17H,4-5H2,1-3H3,(H,14,15). The first kappa shape index (κ1) is 15.8. The molecule has 0 aliphatic rings. The van der Waals surface area contributed by atoms with Crippen molar-refractivity contribution in [2.24, 2.45) is 5.41 Å². The van der Waals surface area contributed by atoms with E-state index in [1.165, 1.54) is 12.3 Å². The molecule has 7 heteroatoms. The van der Waals surface area contributed by atoms with E-state index >= 15 is 0 Å². The van der Waals surface area contributed by atoms with Crippen molar-refractivity contribution in [2.45, 2.75) is 33.2 Å². The highest BCUT2D eigenvalue weighted by Gasteiger charge is 2.25. The lowest BCUT2D eigenvalue weighted by atomic mass is 9.85. The number of nitro groups is 1. The number of aliphatic hydroxyl groups excluding tert-OH is 1. The molecule has 106 valence electrons. The number of hydrogen-bond donors (Lipinski definition) is 2. The number of nitrogens with zero attached hydrogens (tertiary/aromatic N) is 2. The maximum atomic E-state index is 10.6. The SMILES string of the molecule is CC(C)(C)C(CCO)Nc1ncc([N+](=O)[O-])cc1Br. The highest BCUT2D eigenvalue weighted by molar-refractivity contribution is 9.10. The zero-order valence-electron chi connectivity index (χ0n) is 11.2. The van der Waals surface area contributed by atoms with Gasteiger partial charge in [0.05, 0.1) is 9.40 Å². The van der Waals surface area contributed by atoms with Gasteiger partial charge in [0.1, 0.15) is 12.0 Å². The topological polar surface area (TPSA) is 88.3 Å². The minimum Gasteiger partial charge on any atom is -0.396 e. The number of nitrogens with one attached hydrogen (secondary N) is 1. The fraction of sp³-hybridized carbons (Fsp3) is 0.583. The molecule has 1 aromatic heterocycles. The monoisotopic (exact) mass is 331 g/mol. The summed E-state index contributed by atoms with van der Waals surface area (Å²) < 4.78 is 0.536. The molecular formula is C12H18BrN3O3. The molecular weight excluding hydrogens is 314 g/mol. The van der Waals surface area contributed by atoms with Crippen molar-refractivity contribution in [1.82, 2.24) is 4.98 Å². The van der Waals surface area contributed by atoms with Crippen LogP contribution in [-0.4, -0.2) is 27.7 Å². The average Bonchev–Trinajstić information content (AvgIpc) is 2.29. The fourth-order valence-corrected chi connectivity index (χ4v) is 2.10. The predicted molar refractivity (Wildman–Crippen MR) is 77.2 cm³/mol. The minimum atomic E-state index is -0.490. The van der Waals surface area contributed by atoms with Gasteiger partial charge in [-0.3, -0.25) is 10.1 Å². The Morgan fingerprint density at radius 2 is 2.21 bits per heavy atom. The molecule has 6 nitrogen and oxygen atoms in total. The molecule has 19 heavy (non-hydrogen) atoms. The molecule has 0 saturated heterocycles. The third kappa shape index (κ3) is 4.43. The summed E-state index contributed by atoms with van der Waals surface area (Å²) in [5.41, 5.74) is -0.127. The highest BCUT2D eigenvalue weighted by Crippen LogP contribution is 2.29. The molecule has 1 aromatic rings. The van der Waals surface area contributed by atoms with E-state index in [1.807, 2.05) is 0 Å². The minimum absolute atomic E-state index is 0.0164. The van der Waals surface area contributed by atoms with Gasteiger partial charge in [-0.25, -0.2) is 4.98 Å². The molecule has 1 rings (SSSR count).